The molecule has 0 saturated carbocycles. The number of anilines is 1. The number of rotatable bonds is 7. The lowest BCUT2D eigenvalue weighted by molar-refractivity contribution is -0.115. The van der Waals surface area contributed by atoms with E-state index in [1.54, 1.807) is 7.11 Å². The van der Waals surface area contributed by atoms with Gasteiger partial charge in [-0.15, -0.1) is 0 Å². The summed E-state index contributed by atoms with van der Waals surface area (Å²) in [5.74, 6) is 0.712. The van der Waals surface area contributed by atoms with E-state index in [2.05, 4.69) is 15.5 Å². The van der Waals surface area contributed by atoms with Crippen molar-refractivity contribution < 1.29 is 9.53 Å². The Hall–Kier alpha value is -1.59. The second-order valence-corrected chi connectivity index (χ2v) is 5.01. The fourth-order valence-corrected chi connectivity index (χ4v) is 2.35. The number of carbonyl (C=O) groups excluding carboxylic acids is 1. The van der Waals surface area contributed by atoms with E-state index in [-0.39, 0.29) is 5.91 Å². The number of nitrogens with one attached hydrogen (secondary N) is 2. The lowest BCUT2D eigenvalue weighted by Crippen LogP contribution is -2.34. The van der Waals surface area contributed by atoms with Crippen molar-refractivity contribution in [3.63, 3.8) is 0 Å². The van der Waals surface area contributed by atoms with Crippen LogP contribution in [0.5, 0.6) is 5.75 Å². The van der Waals surface area contributed by atoms with Crippen molar-refractivity contribution in [3.05, 3.63) is 24.3 Å². The van der Waals surface area contributed by atoms with E-state index in [4.69, 9.17) is 4.74 Å². The number of hydrogen-bond donors (Lipinski definition) is 2. The van der Waals surface area contributed by atoms with Crippen LogP contribution in [0.4, 0.5) is 5.69 Å². The second-order valence-electron chi connectivity index (χ2n) is 5.01. The molecule has 0 bridgehead atoms. The quantitative estimate of drug-likeness (QED) is 0.738. The third-order valence-corrected chi connectivity index (χ3v) is 3.44. The summed E-state index contributed by atoms with van der Waals surface area (Å²) in [6.07, 6.45) is 2.60. The van der Waals surface area contributed by atoms with Crippen molar-refractivity contribution in [2.45, 2.75) is 12.8 Å². The number of methoxy groups -OCH3 is 1. The number of amides is 1. The van der Waals surface area contributed by atoms with Gasteiger partial charge in [0.1, 0.15) is 5.75 Å². The number of benzene rings is 1. The number of nitrogens with zero attached hydrogens (tertiary/aromatic N) is 1. The van der Waals surface area contributed by atoms with E-state index in [9.17, 15) is 4.79 Å². The van der Waals surface area contributed by atoms with Gasteiger partial charge in [-0.05, 0) is 38.1 Å². The Balaban J connectivity index is 1.64. The molecule has 2 N–H and O–H groups in total. The predicted octanol–water partition coefficient (Wildman–Crippen LogP) is 1.32. The van der Waals surface area contributed by atoms with Gasteiger partial charge >= 0.3 is 0 Å². The zero-order chi connectivity index (χ0) is 14.2. The molecule has 1 aliphatic heterocycles. The van der Waals surface area contributed by atoms with Crippen molar-refractivity contribution in [2.24, 2.45) is 0 Å². The van der Waals surface area contributed by atoms with E-state index in [1.807, 2.05) is 24.3 Å². The fraction of sp³-hybridized carbons (Fsp3) is 0.533. The van der Waals surface area contributed by atoms with Crippen LogP contribution in [0.2, 0.25) is 0 Å². The van der Waals surface area contributed by atoms with Crippen LogP contribution < -0.4 is 15.4 Å². The van der Waals surface area contributed by atoms with Crippen LogP contribution >= 0.6 is 0 Å². The summed E-state index contributed by atoms with van der Waals surface area (Å²) in [6, 6.07) is 7.37. The normalized spacial score (nSPS) is 15.2. The molecule has 0 radical (unpaired) electrons. The van der Waals surface area contributed by atoms with Crippen LogP contribution in [0, 0.1) is 0 Å². The zero-order valence-electron chi connectivity index (χ0n) is 12.0. The molecule has 1 amide bonds. The second kappa shape index (κ2) is 7.87. The molecule has 2 rings (SSSR count). The maximum atomic E-state index is 11.8. The van der Waals surface area contributed by atoms with Gasteiger partial charge in [0, 0.05) is 24.8 Å². The first-order valence-corrected chi connectivity index (χ1v) is 7.15. The van der Waals surface area contributed by atoms with Gasteiger partial charge in [-0.2, -0.15) is 0 Å². The Morgan fingerprint density at radius 2 is 2.15 bits per heavy atom. The van der Waals surface area contributed by atoms with E-state index in [1.165, 1.54) is 25.9 Å². The van der Waals surface area contributed by atoms with Crippen molar-refractivity contribution in [2.75, 3.05) is 45.2 Å². The van der Waals surface area contributed by atoms with Crippen molar-refractivity contribution >= 4 is 11.6 Å². The van der Waals surface area contributed by atoms with Crippen molar-refractivity contribution in [3.8, 4) is 5.75 Å². The summed E-state index contributed by atoms with van der Waals surface area (Å²) in [7, 11) is 1.61. The van der Waals surface area contributed by atoms with E-state index in [0.29, 0.717) is 6.54 Å². The molecule has 0 aliphatic carbocycles. The highest BCUT2D eigenvalue weighted by molar-refractivity contribution is 5.92. The van der Waals surface area contributed by atoms with Crippen molar-refractivity contribution in [1.29, 1.82) is 0 Å². The number of hydrogen-bond acceptors (Lipinski definition) is 4. The fourth-order valence-electron chi connectivity index (χ4n) is 2.35. The first kappa shape index (κ1) is 14.8. The number of ether oxygens (including phenoxy) is 1. The molecule has 20 heavy (non-hydrogen) atoms. The van der Waals surface area contributed by atoms with Crippen LogP contribution in [0.1, 0.15) is 12.8 Å². The minimum Gasteiger partial charge on any atom is -0.497 e. The predicted molar refractivity (Wildman–Crippen MR) is 80.2 cm³/mol. The SMILES string of the molecule is COc1cccc(NC(=O)CNCCN2CCCC2)c1. The third-order valence-electron chi connectivity index (χ3n) is 3.44. The summed E-state index contributed by atoms with van der Waals surface area (Å²) >= 11 is 0. The maximum Gasteiger partial charge on any atom is 0.238 e. The molecule has 1 fully saturated rings. The molecule has 0 aromatic heterocycles. The summed E-state index contributed by atoms with van der Waals surface area (Å²) in [6.45, 7) is 4.60. The molecule has 110 valence electrons. The first-order valence-electron chi connectivity index (χ1n) is 7.15. The van der Waals surface area contributed by atoms with Crippen LogP contribution in [-0.4, -0.2) is 50.6 Å². The molecule has 0 unspecified atom stereocenters. The Morgan fingerprint density at radius 3 is 2.90 bits per heavy atom. The Morgan fingerprint density at radius 1 is 1.35 bits per heavy atom. The van der Waals surface area contributed by atoms with Gasteiger partial charge in [-0.3, -0.25) is 4.79 Å². The average molecular weight is 277 g/mol. The molecule has 5 nitrogen and oxygen atoms in total. The summed E-state index contributed by atoms with van der Waals surface area (Å²) < 4.78 is 5.12. The highest BCUT2D eigenvalue weighted by Crippen LogP contribution is 2.16. The van der Waals surface area contributed by atoms with Crippen LogP contribution in [0.15, 0.2) is 24.3 Å². The molecule has 0 spiro atoms. The molecular formula is C15H23N3O2. The highest BCUT2D eigenvalue weighted by atomic mass is 16.5. The van der Waals surface area contributed by atoms with E-state index < -0.39 is 0 Å². The molecule has 1 heterocycles. The molecule has 1 aliphatic rings. The minimum absolute atomic E-state index is 0.0281. The Kier molecular flexibility index (Phi) is 5.83. The average Bonchev–Trinajstić information content (AvgIpc) is 2.97. The van der Waals surface area contributed by atoms with Gasteiger partial charge in [-0.25, -0.2) is 0 Å². The number of carbonyl (C=O) groups is 1. The van der Waals surface area contributed by atoms with Gasteiger partial charge in [-0.1, -0.05) is 6.07 Å². The Labute approximate surface area is 120 Å². The zero-order valence-corrected chi connectivity index (χ0v) is 12.0. The molecule has 0 atom stereocenters. The van der Waals surface area contributed by atoms with Crippen LogP contribution in [-0.2, 0) is 4.79 Å². The first-order chi connectivity index (χ1) is 9.78. The lowest BCUT2D eigenvalue weighted by atomic mass is 10.3. The monoisotopic (exact) mass is 277 g/mol. The molecule has 1 aromatic rings. The minimum atomic E-state index is -0.0281. The van der Waals surface area contributed by atoms with Gasteiger partial charge in [0.15, 0.2) is 0 Å². The van der Waals surface area contributed by atoms with E-state index >= 15 is 0 Å². The summed E-state index contributed by atoms with van der Waals surface area (Å²) in [5.41, 5.74) is 0.760. The lowest BCUT2D eigenvalue weighted by Gasteiger charge is -2.14. The number of likely N-dealkylation sites (tertiary alicyclic amines) is 1. The molecular weight excluding hydrogens is 254 g/mol. The summed E-state index contributed by atoms with van der Waals surface area (Å²) in [5, 5.41) is 6.03. The smallest absolute Gasteiger partial charge is 0.238 e. The maximum absolute atomic E-state index is 11.8. The molecule has 5 heteroatoms. The standard InChI is InChI=1S/C15H23N3O2/c1-20-14-6-4-5-13(11-14)17-15(19)12-16-7-10-18-8-2-3-9-18/h4-6,11,16H,2-3,7-10,12H2,1H3,(H,17,19). The van der Waals surface area contributed by atoms with Gasteiger partial charge in [0.05, 0.1) is 13.7 Å². The van der Waals surface area contributed by atoms with Gasteiger partial charge in [0.25, 0.3) is 0 Å². The molecule has 1 saturated heterocycles. The van der Waals surface area contributed by atoms with Crippen molar-refractivity contribution in [1.82, 2.24) is 10.2 Å². The summed E-state index contributed by atoms with van der Waals surface area (Å²) in [4.78, 5) is 14.2. The van der Waals surface area contributed by atoms with Gasteiger partial charge in [0.2, 0.25) is 5.91 Å². The highest BCUT2D eigenvalue weighted by Gasteiger charge is 2.10. The van der Waals surface area contributed by atoms with Gasteiger partial charge < -0.3 is 20.3 Å². The van der Waals surface area contributed by atoms with E-state index in [0.717, 1.165) is 24.5 Å². The van der Waals surface area contributed by atoms with Crippen LogP contribution in [0.25, 0.3) is 0 Å². The largest absolute Gasteiger partial charge is 0.497 e. The van der Waals surface area contributed by atoms with Crippen LogP contribution in [0.3, 0.4) is 0 Å². The third kappa shape index (κ3) is 4.83. The topological polar surface area (TPSA) is 53.6 Å². The Bertz CT molecular complexity index is 431. The molecule has 1 aromatic carbocycles.